The van der Waals surface area contributed by atoms with Gasteiger partial charge in [0, 0.05) is 18.0 Å². The summed E-state index contributed by atoms with van der Waals surface area (Å²) in [7, 11) is -2.23. The van der Waals surface area contributed by atoms with Crippen LogP contribution in [0.4, 0.5) is 0 Å². The Balaban J connectivity index is 2.12. The molecule has 0 bridgehead atoms. The van der Waals surface area contributed by atoms with Gasteiger partial charge in [-0.1, -0.05) is 6.07 Å². The zero-order valence-corrected chi connectivity index (χ0v) is 16.7. The molecule has 0 unspecified atom stereocenters. The first-order chi connectivity index (χ1) is 12.1. The normalized spacial score (nSPS) is 11.8. The Morgan fingerprint density at radius 2 is 1.88 bits per heavy atom. The molecule has 0 aliphatic heterocycles. The number of esters is 1. The number of hydrogen-bond acceptors (Lipinski definition) is 6. The van der Waals surface area contributed by atoms with Gasteiger partial charge in [0.15, 0.2) is 6.61 Å². The second-order valence-corrected chi connectivity index (χ2v) is 9.34. The van der Waals surface area contributed by atoms with E-state index in [0.29, 0.717) is 4.88 Å². The average Bonchev–Trinajstić information content (AvgIpc) is 3.05. The van der Waals surface area contributed by atoms with Crippen LogP contribution in [0.3, 0.4) is 0 Å². The summed E-state index contributed by atoms with van der Waals surface area (Å²) in [5.41, 5.74) is 0.0818. The standard InChI is InChI=1S/C18H21NO5S2/c1-12(2)19(4)26(22,23)15-7-5-6-14(10-15)18(21)24-11-16(20)17-9-8-13(3)25-17/h5-10,12H,11H2,1-4H3. The summed E-state index contributed by atoms with van der Waals surface area (Å²) in [5.74, 6) is -1.03. The lowest BCUT2D eigenvalue weighted by molar-refractivity contribution is 0.0475. The van der Waals surface area contributed by atoms with Gasteiger partial charge >= 0.3 is 5.97 Å². The molecule has 0 saturated heterocycles. The van der Waals surface area contributed by atoms with Crippen molar-refractivity contribution >= 4 is 33.1 Å². The molecule has 1 heterocycles. The molecule has 0 aliphatic rings. The summed E-state index contributed by atoms with van der Waals surface area (Å²) >= 11 is 1.33. The third-order valence-electron chi connectivity index (χ3n) is 3.82. The minimum Gasteiger partial charge on any atom is -0.454 e. The molecular weight excluding hydrogens is 374 g/mol. The highest BCUT2D eigenvalue weighted by Gasteiger charge is 2.24. The van der Waals surface area contributed by atoms with Gasteiger partial charge in [0.1, 0.15) is 0 Å². The number of carbonyl (C=O) groups excluding carboxylic acids is 2. The molecule has 0 radical (unpaired) electrons. The Labute approximate surface area is 157 Å². The van der Waals surface area contributed by atoms with Crippen molar-refractivity contribution in [3.05, 3.63) is 51.7 Å². The molecule has 6 nitrogen and oxygen atoms in total. The van der Waals surface area contributed by atoms with E-state index in [1.54, 1.807) is 19.9 Å². The van der Waals surface area contributed by atoms with Crippen LogP contribution in [0.25, 0.3) is 0 Å². The highest BCUT2D eigenvalue weighted by Crippen LogP contribution is 2.19. The van der Waals surface area contributed by atoms with Gasteiger partial charge in [-0.3, -0.25) is 4.79 Å². The average molecular weight is 396 g/mol. The molecule has 0 spiro atoms. The lowest BCUT2D eigenvalue weighted by Crippen LogP contribution is -2.33. The van der Waals surface area contributed by atoms with Crippen molar-refractivity contribution in [3.8, 4) is 0 Å². The monoisotopic (exact) mass is 395 g/mol. The smallest absolute Gasteiger partial charge is 0.338 e. The summed E-state index contributed by atoms with van der Waals surface area (Å²) in [6.07, 6.45) is 0. The Morgan fingerprint density at radius 3 is 2.46 bits per heavy atom. The predicted molar refractivity (Wildman–Crippen MR) is 100 cm³/mol. The number of aryl methyl sites for hydroxylation is 1. The summed E-state index contributed by atoms with van der Waals surface area (Å²) < 4.78 is 31.3. The minimum absolute atomic E-state index is 0.00311. The van der Waals surface area contributed by atoms with E-state index in [1.165, 1.54) is 47.0 Å². The number of benzene rings is 1. The second-order valence-electron chi connectivity index (χ2n) is 6.05. The molecule has 0 atom stereocenters. The van der Waals surface area contributed by atoms with Gasteiger partial charge in [-0.25, -0.2) is 13.2 Å². The second kappa shape index (κ2) is 8.11. The topological polar surface area (TPSA) is 80.8 Å². The van der Waals surface area contributed by atoms with Crippen molar-refractivity contribution in [1.29, 1.82) is 0 Å². The number of thiophene rings is 1. The SMILES string of the molecule is Cc1ccc(C(=O)COC(=O)c2cccc(S(=O)(=O)N(C)C(C)C)c2)s1. The molecule has 0 amide bonds. The van der Waals surface area contributed by atoms with Gasteiger partial charge in [-0.15, -0.1) is 11.3 Å². The van der Waals surface area contributed by atoms with Crippen molar-refractivity contribution in [2.24, 2.45) is 0 Å². The minimum atomic E-state index is -3.71. The number of sulfonamides is 1. The maximum absolute atomic E-state index is 12.5. The molecule has 0 fully saturated rings. The van der Waals surface area contributed by atoms with Crippen LogP contribution in [0, 0.1) is 6.92 Å². The van der Waals surface area contributed by atoms with E-state index in [1.807, 2.05) is 13.0 Å². The van der Waals surface area contributed by atoms with Crippen LogP contribution in [-0.2, 0) is 14.8 Å². The number of nitrogens with zero attached hydrogens (tertiary/aromatic N) is 1. The summed E-state index contributed by atoms with van der Waals surface area (Å²) in [4.78, 5) is 25.7. The number of carbonyl (C=O) groups is 2. The molecule has 8 heteroatoms. The quantitative estimate of drug-likeness (QED) is 0.531. The molecule has 1 aromatic heterocycles. The lowest BCUT2D eigenvalue weighted by atomic mass is 10.2. The maximum Gasteiger partial charge on any atom is 0.338 e. The first kappa shape index (κ1) is 20.3. The number of Topliss-reactive ketones (excluding diaryl/α,β-unsaturated/α-hetero) is 1. The largest absolute Gasteiger partial charge is 0.454 e. The van der Waals surface area contributed by atoms with Crippen molar-refractivity contribution in [2.75, 3.05) is 13.7 Å². The summed E-state index contributed by atoms with van der Waals surface area (Å²) in [6, 6.07) is 8.90. The zero-order chi connectivity index (χ0) is 19.5. The van der Waals surface area contributed by atoms with Crippen LogP contribution in [-0.4, -0.2) is 44.2 Å². The Hall–Kier alpha value is -2.03. The van der Waals surface area contributed by atoms with Crippen LogP contribution < -0.4 is 0 Å². The number of ether oxygens (including phenoxy) is 1. The van der Waals surface area contributed by atoms with Crippen molar-refractivity contribution in [1.82, 2.24) is 4.31 Å². The third-order valence-corrected chi connectivity index (χ3v) is 6.89. The van der Waals surface area contributed by atoms with Crippen LogP contribution >= 0.6 is 11.3 Å². The van der Waals surface area contributed by atoms with Gasteiger partial charge in [-0.05, 0) is 51.1 Å². The summed E-state index contributed by atoms with van der Waals surface area (Å²) in [6.45, 7) is 5.01. The Morgan fingerprint density at radius 1 is 1.19 bits per heavy atom. The van der Waals surface area contributed by atoms with E-state index in [2.05, 4.69) is 0 Å². The highest BCUT2D eigenvalue weighted by molar-refractivity contribution is 7.89. The number of ketones is 1. The van der Waals surface area contributed by atoms with E-state index < -0.39 is 16.0 Å². The van der Waals surface area contributed by atoms with Crippen molar-refractivity contribution < 1.29 is 22.7 Å². The molecular formula is C18H21NO5S2. The first-order valence-corrected chi connectivity index (χ1v) is 10.2. The van der Waals surface area contributed by atoms with Crippen molar-refractivity contribution in [2.45, 2.75) is 31.7 Å². The molecule has 0 saturated carbocycles. The highest BCUT2D eigenvalue weighted by atomic mass is 32.2. The fourth-order valence-corrected chi connectivity index (χ4v) is 4.30. The van der Waals surface area contributed by atoms with E-state index >= 15 is 0 Å². The fourth-order valence-electron chi connectivity index (χ4n) is 2.10. The molecule has 2 aromatic rings. The fraction of sp³-hybridized carbons (Fsp3) is 0.333. The zero-order valence-electron chi connectivity index (χ0n) is 15.1. The van der Waals surface area contributed by atoms with Crippen molar-refractivity contribution in [3.63, 3.8) is 0 Å². The van der Waals surface area contributed by atoms with Crippen LogP contribution in [0.15, 0.2) is 41.3 Å². The first-order valence-electron chi connectivity index (χ1n) is 7.98. The van der Waals surface area contributed by atoms with E-state index in [4.69, 9.17) is 4.74 Å². The molecule has 140 valence electrons. The van der Waals surface area contributed by atoms with E-state index in [9.17, 15) is 18.0 Å². The van der Waals surface area contributed by atoms with E-state index in [0.717, 1.165) is 4.88 Å². The van der Waals surface area contributed by atoms with Crippen LogP contribution in [0.1, 0.15) is 38.8 Å². The molecule has 1 aromatic carbocycles. The molecule has 0 aliphatic carbocycles. The molecule has 0 N–H and O–H groups in total. The van der Waals surface area contributed by atoms with Crippen LogP contribution in [0.5, 0.6) is 0 Å². The van der Waals surface area contributed by atoms with E-state index in [-0.39, 0.29) is 28.9 Å². The lowest BCUT2D eigenvalue weighted by Gasteiger charge is -2.21. The van der Waals surface area contributed by atoms with Gasteiger partial charge in [0.05, 0.1) is 15.3 Å². The predicted octanol–water partition coefficient (Wildman–Crippen LogP) is 3.13. The van der Waals surface area contributed by atoms with Gasteiger partial charge in [0.2, 0.25) is 15.8 Å². The Kier molecular flexibility index (Phi) is 6.33. The van der Waals surface area contributed by atoms with Gasteiger partial charge in [0.25, 0.3) is 0 Å². The summed E-state index contributed by atoms with van der Waals surface area (Å²) in [5, 5.41) is 0. The van der Waals surface area contributed by atoms with Crippen LogP contribution in [0.2, 0.25) is 0 Å². The van der Waals surface area contributed by atoms with Gasteiger partial charge < -0.3 is 4.74 Å². The molecule has 26 heavy (non-hydrogen) atoms. The Bertz CT molecular complexity index is 915. The number of rotatable bonds is 7. The van der Waals surface area contributed by atoms with Gasteiger partial charge in [-0.2, -0.15) is 4.31 Å². The number of hydrogen-bond donors (Lipinski definition) is 0. The molecule has 2 rings (SSSR count). The third kappa shape index (κ3) is 4.57. The maximum atomic E-state index is 12.5.